The normalized spacial score (nSPS) is 19.2. The zero-order chi connectivity index (χ0) is 25.5. The summed E-state index contributed by atoms with van der Waals surface area (Å²) in [5.74, 6) is 0.0481. The number of amides is 1. The highest BCUT2D eigenvalue weighted by atomic mass is 79.9. The highest BCUT2D eigenvalue weighted by molar-refractivity contribution is 9.10. The van der Waals surface area contributed by atoms with Crippen molar-refractivity contribution in [3.8, 4) is 0 Å². The molecule has 4 aromatic rings. The van der Waals surface area contributed by atoms with Gasteiger partial charge in [0.1, 0.15) is 11.1 Å². The van der Waals surface area contributed by atoms with Gasteiger partial charge in [0.05, 0.1) is 28.4 Å². The van der Waals surface area contributed by atoms with Gasteiger partial charge in [0.25, 0.3) is 0 Å². The Labute approximate surface area is 218 Å². The van der Waals surface area contributed by atoms with Crippen molar-refractivity contribution in [1.82, 2.24) is 19.4 Å². The number of nitrogens with zero attached hydrogens (tertiary/aromatic N) is 1. The number of halogens is 1. The van der Waals surface area contributed by atoms with Crippen molar-refractivity contribution < 1.29 is 22.3 Å². The van der Waals surface area contributed by atoms with Crippen LogP contribution in [0.3, 0.4) is 0 Å². The first-order chi connectivity index (χ1) is 17.1. The molecule has 1 fully saturated rings. The molecule has 5 rings (SSSR count). The average Bonchev–Trinajstić information content (AvgIpc) is 3.38. The van der Waals surface area contributed by atoms with E-state index in [1.807, 2.05) is 24.3 Å². The molecular formula is C24H23BrN4O5S2. The van der Waals surface area contributed by atoms with Gasteiger partial charge < -0.3 is 4.98 Å². The van der Waals surface area contributed by atoms with E-state index in [1.165, 1.54) is 12.1 Å². The number of nitrogens with one attached hydrogen (secondary N) is 3. The molecule has 5 N–H and O–H groups in total. The van der Waals surface area contributed by atoms with Crippen molar-refractivity contribution in [3.63, 3.8) is 0 Å². The number of hydrogen-bond donors (Lipinski definition) is 5. The van der Waals surface area contributed by atoms with E-state index < -0.39 is 38.0 Å². The molecular weight excluding hydrogens is 568 g/mol. The van der Waals surface area contributed by atoms with Crippen LogP contribution in [0.15, 0.2) is 82.2 Å². The summed E-state index contributed by atoms with van der Waals surface area (Å²) in [6.07, 6.45) is 0.238. The zero-order valence-electron chi connectivity index (χ0n) is 18.8. The van der Waals surface area contributed by atoms with Crippen LogP contribution in [0.4, 0.5) is 0 Å². The Morgan fingerprint density at radius 1 is 1.08 bits per heavy atom. The van der Waals surface area contributed by atoms with Gasteiger partial charge in [-0.2, -0.15) is 0 Å². The van der Waals surface area contributed by atoms with E-state index in [0.29, 0.717) is 15.9 Å². The van der Waals surface area contributed by atoms with Crippen molar-refractivity contribution in [2.75, 3.05) is 0 Å². The van der Waals surface area contributed by atoms with E-state index in [9.17, 15) is 22.3 Å². The smallest absolute Gasteiger partial charge is 0.241 e. The maximum Gasteiger partial charge on any atom is 0.241 e. The summed E-state index contributed by atoms with van der Waals surface area (Å²) in [5, 5.41) is -0.767. The van der Waals surface area contributed by atoms with E-state index in [0.717, 1.165) is 16.6 Å². The molecule has 0 radical (unpaired) electrons. The van der Waals surface area contributed by atoms with Crippen molar-refractivity contribution in [1.29, 1.82) is 0 Å². The molecule has 1 saturated heterocycles. The number of fused-ring (bicyclic) bond motifs is 1. The predicted octanol–water partition coefficient (Wildman–Crippen LogP) is 4.81. The van der Waals surface area contributed by atoms with E-state index in [2.05, 4.69) is 35.3 Å². The van der Waals surface area contributed by atoms with Crippen LogP contribution in [0.2, 0.25) is 0 Å². The van der Waals surface area contributed by atoms with Crippen molar-refractivity contribution in [3.05, 3.63) is 94.2 Å². The fourth-order valence-corrected chi connectivity index (χ4v) is 7.81. The molecule has 188 valence electrons. The summed E-state index contributed by atoms with van der Waals surface area (Å²) in [6.45, 7) is 0. The maximum absolute atomic E-state index is 13.2. The third-order valence-electron chi connectivity index (χ3n) is 5.97. The second-order valence-corrected chi connectivity index (χ2v) is 13.0. The highest BCUT2D eigenvalue weighted by Gasteiger charge is 2.39. The summed E-state index contributed by atoms with van der Waals surface area (Å²) in [4.78, 5) is 19.7. The van der Waals surface area contributed by atoms with Crippen LogP contribution in [0.1, 0.15) is 34.7 Å². The lowest BCUT2D eigenvalue weighted by atomic mass is 10.0. The minimum Gasteiger partial charge on any atom is -0.341 e. The zero-order valence-corrected chi connectivity index (χ0v) is 22.0. The van der Waals surface area contributed by atoms with Gasteiger partial charge in [-0.25, -0.2) is 18.1 Å². The lowest BCUT2D eigenvalue weighted by molar-refractivity contribution is -0.118. The molecule has 1 aromatic heterocycles. The summed E-state index contributed by atoms with van der Waals surface area (Å²) in [6, 6.07) is 20.2. The minimum atomic E-state index is -3.85. The fourth-order valence-electron chi connectivity index (χ4n) is 4.23. The minimum absolute atomic E-state index is 0.0290. The predicted molar refractivity (Wildman–Crippen MR) is 142 cm³/mol. The number of carbonyl (C=O) groups excluding carboxylic acids is 1. The number of para-hydroxylation sites is 2. The largest absolute Gasteiger partial charge is 0.341 e. The van der Waals surface area contributed by atoms with Crippen LogP contribution in [-0.4, -0.2) is 33.4 Å². The monoisotopic (exact) mass is 590 g/mol. The van der Waals surface area contributed by atoms with Crippen molar-refractivity contribution >= 4 is 53.7 Å². The number of aromatic amines is 1. The van der Waals surface area contributed by atoms with Gasteiger partial charge in [-0.05, 0) is 47.9 Å². The molecule has 0 bridgehead atoms. The number of sulfonamides is 1. The molecule has 12 heteroatoms. The lowest BCUT2D eigenvalue weighted by Gasteiger charge is -2.33. The molecule has 9 nitrogen and oxygen atoms in total. The molecule has 0 spiro atoms. The topological polar surface area (TPSA) is 144 Å². The standard InChI is InChI=1S/C24H23BrN4O5S2/c25-18-12-15(10-11-17(18)22-14-23(30)29-36(22,33)34)13-21(24-26-19-8-4-5-9-20(19)27-24)28-35(31,32)16-6-2-1-3-7-16/h1-12,21-22,28,33-34H,13-14H2,(H,26,27)(H,29,30). The Bertz CT molecular complexity index is 1510. The summed E-state index contributed by atoms with van der Waals surface area (Å²) in [5.41, 5.74) is 2.87. The third kappa shape index (κ3) is 5.05. The van der Waals surface area contributed by atoms with Crippen LogP contribution in [0.25, 0.3) is 11.0 Å². The summed E-state index contributed by atoms with van der Waals surface area (Å²) < 4.78 is 52.5. The van der Waals surface area contributed by atoms with Gasteiger partial charge >= 0.3 is 0 Å². The molecule has 2 unspecified atom stereocenters. The van der Waals surface area contributed by atoms with Gasteiger partial charge in [0.15, 0.2) is 0 Å². The van der Waals surface area contributed by atoms with Crippen LogP contribution >= 0.6 is 26.7 Å². The van der Waals surface area contributed by atoms with Crippen LogP contribution in [-0.2, 0) is 21.2 Å². The van der Waals surface area contributed by atoms with Gasteiger partial charge in [0, 0.05) is 4.47 Å². The van der Waals surface area contributed by atoms with E-state index in [-0.39, 0.29) is 17.7 Å². The molecule has 2 atom stereocenters. The molecule has 3 aromatic carbocycles. The lowest BCUT2D eigenvalue weighted by Crippen LogP contribution is -2.31. The molecule has 36 heavy (non-hydrogen) atoms. The van der Waals surface area contributed by atoms with E-state index in [1.54, 1.807) is 36.4 Å². The first-order valence-corrected chi connectivity index (χ1v) is 14.9. The molecule has 1 aliphatic heterocycles. The first-order valence-electron chi connectivity index (χ1n) is 11.0. The number of benzene rings is 3. The second-order valence-electron chi connectivity index (χ2n) is 8.50. The number of H-pyrrole nitrogens is 1. The molecule has 1 aliphatic rings. The van der Waals surface area contributed by atoms with Crippen molar-refractivity contribution in [2.45, 2.75) is 29.0 Å². The Balaban J connectivity index is 1.48. The number of hydrogen-bond acceptors (Lipinski definition) is 6. The Morgan fingerprint density at radius 2 is 1.81 bits per heavy atom. The SMILES string of the molecule is O=C1CC(c2ccc(CC(NS(=O)(=O)c3ccccc3)c3nc4ccccc4[nH]3)cc2Br)S(O)(O)N1. The Kier molecular flexibility index (Phi) is 6.66. The fraction of sp³-hybridized carbons (Fsp3) is 0.167. The van der Waals surface area contributed by atoms with Crippen LogP contribution in [0, 0.1) is 0 Å². The van der Waals surface area contributed by atoms with E-state index >= 15 is 0 Å². The van der Waals surface area contributed by atoms with Gasteiger partial charge in [-0.15, -0.1) is 10.8 Å². The maximum atomic E-state index is 13.2. The average molecular weight is 592 g/mol. The summed E-state index contributed by atoms with van der Waals surface area (Å²) in [7, 11) is -7.14. The summed E-state index contributed by atoms with van der Waals surface area (Å²) >= 11 is 3.49. The van der Waals surface area contributed by atoms with E-state index in [4.69, 9.17) is 0 Å². The molecule has 2 heterocycles. The van der Waals surface area contributed by atoms with Gasteiger partial charge in [0.2, 0.25) is 15.9 Å². The molecule has 0 aliphatic carbocycles. The number of imidazole rings is 1. The van der Waals surface area contributed by atoms with Crippen LogP contribution in [0.5, 0.6) is 0 Å². The molecule has 0 saturated carbocycles. The first kappa shape index (κ1) is 24.9. The Hall–Kier alpha value is -2.74. The van der Waals surface area contributed by atoms with Gasteiger partial charge in [-0.3, -0.25) is 18.6 Å². The third-order valence-corrected chi connectivity index (χ3v) is 9.89. The van der Waals surface area contributed by atoms with Crippen LogP contribution < -0.4 is 9.44 Å². The van der Waals surface area contributed by atoms with Gasteiger partial charge in [-0.1, -0.05) is 58.4 Å². The quantitative estimate of drug-likeness (QED) is 0.209. The molecule has 1 amide bonds. The number of rotatable bonds is 7. The second kappa shape index (κ2) is 9.61. The Morgan fingerprint density at radius 3 is 2.47 bits per heavy atom. The van der Waals surface area contributed by atoms with Crippen molar-refractivity contribution in [2.24, 2.45) is 0 Å². The number of carbonyl (C=O) groups is 1. The number of aromatic nitrogens is 2. The highest BCUT2D eigenvalue weighted by Crippen LogP contribution is 2.57.